The molecular weight excluding hydrogens is 328 g/mol. The monoisotopic (exact) mass is 356 g/mol. The molecule has 1 saturated heterocycles. The number of fused-ring (bicyclic) bond motifs is 1. The summed E-state index contributed by atoms with van der Waals surface area (Å²) in [6.07, 6.45) is 1.91. The van der Waals surface area contributed by atoms with Gasteiger partial charge in [-0.2, -0.15) is 0 Å². The molecule has 0 bridgehead atoms. The molecule has 0 spiro atoms. The lowest BCUT2D eigenvalue weighted by Gasteiger charge is -2.44. The van der Waals surface area contributed by atoms with E-state index >= 15 is 0 Å². The highest BCUT2D eigenvalue weighted by molar-refractivity contribution is 5.92. The van der Waals surface area contributed by atoms with E-state index in [1.165, 1.54) is 16.8 Å². The molecule has 2 heterocycles. The van der Waals surface area contributed by atoms with Crippen LogP contribution in [-0.2, 0) is 6.54 Å². The van der Waals surface area contributed by atoms with Gasteiger partial charge >= 0.3 is 0 Å². The van der Waals surface area contributed by atoms with Gasteiger partial charge < -0.3 is 14.7 Å². The van der Waals surface area contributed by atoms with Crippen LogP contribution in [0.4, 0.5) is 0 Å². The van der Waals surface area contributed by atoms with Gasteiger partial charge in [0.2, 0.25) is 0 Å². The van der Waals surface area contributed by atoms with Crippen LogP contribution in [0, 0.1) is 0 Å². The molecule has 1 aromatic carbocycles. The molecule has 140 valence electrons. The molecule has 1 N–H and O–H groups in total. The number of aliphatic hydroxyl groups excluding tert-OH is 1. The second kappa shape index (κ2) is 8.01. The number of aliphatic hydroxyl groups is 1. The zero-order chi connectivity index (χ0) is 18.7. The largest absolute Gasteiger partial charge is 0.497 e. The topological polar surface area (TPSA) is 60.7 Å². The molecular formula is C20H28N4O2. The van der Waals surface area contributed by atoms with Crippen LogP contribution in [0.15, 0.2) is 45.5 Å². The number of hydrogen-bond donors (Lipinski definition) is 1. The predicted molar refractivity (Wildman–Crippen MR) is 105 cm³/mol. The third-order valence-electron chi connectivity index (χ3n) is 5.35. The Kier molecular flexibility index (Phi) is 5.74. The fourth-order valence-electron chi connectivity index (χ4n) is 3.62. The number of rotatable bonds is 5. The van der Waals surface area contributed by atoms with Gasteiger partial charge in [0.1, 0.15) is 11.8 Å². The molecule has 0 aliphatic carbocycles. The average molecular weight is 356 g/mol. The number of benzene rings is 1. The van der Waals surface area contributed by atoms with Gasteiger partial charge in [0.25, 0.3) is 0 Å². The first-order valence-corrected chi connectivity index (χ1v) is 8.98. The van der Waals surface area contributed by atoms with Crippen LogP contribution >= 0.6 is 0 Å². The standard InChI is InChI=1S/C20H28N4O2/c1-14-19-11-23(9-16-5-7-18(26-4)8-6-16)17(12-25)10-24(19)13-22-20(14)15(2)21-3/h5-8,13,17,20,25H,9-12H2,1-4H3/b21-15+. The van der Waals surface area contributed by atoms with E-state index in [0.29, 0.717) is 0 Å². The van der Waals surface area contributed by atoms with E-state index in [0.717, 1.165) is 31.1 Å². The van der Waals surface area contributed by atoms with E-state index in [4.69, 9.17) is 4.74 Å². The summed E-state index contributed by atoms with van der Waals surface area (Å²) in [5, 5.41) is 9.89. The first kappa shape index (κ1) is 18.6. The first-order chi connectivity index (χ1) is 12.6. The van der Waals surface area contributed by atoms with Crippen LogP contribution in [0.25, 0.3) is 0 Å². The maximum Gasteiger partial charge on any atom is 0.118 e. The molecule has 0 saturated carbocycles. The lowest BCUT2D eigenvalue weighted by atomic mass is 9.97. The van der Waals surface area contributed by atoms with E-state index in [-0.39, 0.29) is 18.7 Å². The highest BCUT2D eigenvalue weighted by atomic mass is 16.5. The quantitative estimate of drug-likeness (QED) is 0.819. The van der Waals surface area contributed by atoms with Crippen LogP contribution in [-0.4, -0.2) is 72.9 Å². The van der Waals surface area contributed by atoms with Crippen LogP contribution in [0.3, 0.4) is 0 Å². The lowest BCUT2D eigenvalue weighted by Crippen LogP contribution is -2.54. The summed E-state index contributed by atoms with van der Waals surface area (Å²) in [7, 11) is 3.49. The third kappa shape index (κ3) is 3.66. The minimum Gasteiger partial charge on any atom is -0.497 e. The predicted octanol–water partition coefficient (Wildman–Crippen LogP) is 1.95. The van der Waals surface area contributed by atoms with Crippen molar-refractivity contribution in [2.24, 2.45) is 9.98 Å². The molecule has 3 rings (SSSR count). The molecule has 26 heavy (non-hydrogen) atoms. The summed E-state index contributed by atoms with van der Waals surface area (Å²) in [6, 6.07) is 8.24. The summed E-state index contributed by atoms with van der Waals surface area (Å²) < 4.78 is 5.24. The minimum atomic E-state index is 0.0276. The maximum atomic E-state index is 9.89. The van der Waals surface area contributed by atoms with Crippen LogP contribution in [0.2, 0.25) is 0 Å². The van der Waals surface area contributed by atoms with Gasteiger partial charge in [-0.3, -0.25) is 14.9 Å². The lowest BCUT2D eigenvalue weighted by molar-refractivity contribution is 0.0812. The Labute approximate surface area is 155 Å². The van der Waals surface area contributed by atoms with Crippen molar-refractivity contribution in [3.63, 3.8) is 0 Å². The van der Waals surface area contributed by atoms with Gasteiger partial charge in [-0.25, -0.2) is 0 Å². The molecule has 6 nitrogen and oxygen atoms in total. The van der Waals surface area contributed by atoms with Crippen molar-refractivity contribution in [1.29, 1.82) is 0 Å². The van der Waals surface area contributed by atoms with Crippen LogP contribution in [0.5, 0.6) is 5.75 Å². The Balaban J connectivity index is 1.82. The molecule has 2 aliphatic heterocycles. The second-order valence-electron chi connectivity index (χ2n) is 6.90. The van der Waals surface area contributed by atoms with Crippen molar-refractivity contribution in [3.8, 4) is 5.75 Å². The third-order valence-corrected chi connectivity index (χ3v) is 5.35. The summed E-state index contributed by atoms with van der Waals surface area (Å²) in [4.78, 5) is 13.5. The van der Waals surface area contributed by atoms with E-state index in [1.54, 1.807) is 7.11 Å². The SMILES string of the molecule is C/N=C(\C)C1N=CN2CC(CO)N(Cc3ccc(OC)cc3)CC2=C1C. The molecule has 1 aromatic rings. The van der Waals surface area contributed by atoms with Crippen molar-refractivity contribution in [3.05, 3.63) is 41.1 Å². The summed E-state index contributed by atoms with van der Waals surface area (Å²) in [6.45, 7) is 6.63. The number of nitrogens with zero attached hydrogens (tertiary/aromatic N) is 4. The Hall–Kier alpha value is -2.18. The Bertz CT molecular complexity index is 724. The molecule has 2 unspecified atom stereocenters. The van der Waals surface area contributed by atoms with Crippen molar-refractivity contribution in [2.45, 2.75) is 32.5 Å². The van der Waals surface area contributed by atoms with E-state index in [2.05, 4.69) is 38.8 Å². The molecule has 0 amide bonds. The molecule has 0 radical (unpaired) electrons. The number of hydrogen-bond acceptors (Lipinski definition) is 6. The van der Waals surface area contributed by atoms with E-state index in [9.17, 15) is 5.11 Å². The van der Waals surface area contributed by atoms with Gasteiger partial charge in [0.05, 0.1) is 26.1 Å². The van der Waals surface area contributed by atoms with E-state index in [1.807, 2.05) is 32.4 Å². The Morgan fingerprint density at radius 1 is 1.35 bits per heavy atom. The smallest absolute Gasteiger partial charge is 0.118 e. The molecule has 1 fully saturated rings. The number of piperazine rings is 1. The van der Waals surface area contributed by atoms with E-state index < -0.39 is 0 Å². The molecule has 2 aliphatic rings. The number of aliphatic imine (C=N–C) groups is 2. The van der Waals surface area contributed by atoms with Gasteiger partial charge in [-0.15, -0.1) is 0 Å². The normalized spacial score (nSPS) is 24.0. The van der Waals surface area contributed by atoms with Gasteiger partial charge in [0.15, 0.2) is 0 Å². The maximum absolute atomic E-state index is 9.89. The van der Waals surface area contributed by atoms with Crippen molar-refractivity contribution in [2.75, 3.05) is 33.9 Å². The highest BCUT2D eigenvalue weighted by Crippen LogP contribution is 2.27. The van der Waals surface area contributed by atoms with Gasteiger partial charge in [0, 0.05) is 38.1 Å². The molecule has 0 aromatic heterocycles. The minimum absolute atomic E-state index is 0.0276. The van der Waals surface area contributed by atoms with Crippen molar-refractivity contribution >= 4 is 12.1 Å². The molecule has 2 atom stereocenters. The summed E-state index contributed by atoms with van der Waals surface area (Å²) >= 11 is 0. The first-order valence-electron chi connectivity index (χ1n) is 8.98. The van der Waals surface area contributed by atoms with Gasteiger partial charge in [-0.1, -0.05) is 12.1 Å². The van der Waals surface area contributed by atoms with Gasteiger partial charge in [-0.05, 0) is 37.1 Å². The Morgan fingerprint density at radius 2 is 2.08 bits per heavy atom. The second-order valence-corrected chi connectivity index (χ2v) is 6.90. The van der Waals surface area contributed by atoms with Crippen LogP contribution < -0.4 is 4.74 Å². The van der Waals surface area contributed by atoms with Crippen molar-refractivity contribution < 1.29 is 9.84 Å². The summed E-state index contributed by atoms with van der Waals surface area (Å²) in [5.41, 5.74) is 4.75. The molecule has 6 heteroatoms. The average Bonchev–Trinajstić information content (AvgIpc) is 2.68. The van der Waals surface area contributed by atoms with Crippen molar-refractivity contribution in [1.82, 2.24) is 9.80 Å². The summed E-state index contributed by atoms with van der Waals surface area (Å²) in [5.74, 6) is 0.858. The Morgan fingerprint density at radius 3 is 2.69 bits per heavy atom. The fraction of sp³-hybridized carbons (Fsp3) is 0.500. The number of ether oxygens (including phenoxy) is 1. The fourth-order valence-corrected chi connectivity index (χ4v) is 3.62. The zero-order valence-electron chi connectivity index (χ0n) is 16.0. The highest BCUT2D eigenvalue weighted by Gasteiger charge is 2.33. The van der Waals surface area contributed by atoms with Crippen LogP contribution in [0.1, 0.15) is 19.4 Å². The zero-order valence-corrected chi connectivity index (χ0v) is 16.0. The number of methoxy groups -OCH3 is 1.